The van der Waals surface area contributed by atoms with E-state index >= 15 is 0 Å². The molecule has 0 aliphatic carbocycles. The molecule has 0 saturated carbocycles. The minimum Gasteiger partial charge on any atom is -0.748 e. The van der Waals surface area contributed by atoms with E-state index in [-0.39, 0.29) is 72.0 Å². The molecule has 0 fully saturated rings. The van der Waals surface area contributed by atoms with Gasteiger partial charge in [0.2, 0.25) is 0 Å². The molecule has 0 amide bonds. The van der Waals surface area contributed by atoms with Gasteiger partial charge in [0.05, 0.1) is 33.5 Å². The molecule has 26 heavy (non-hydrogen) atoms. The second-order valence-corrected chi connectivity index (χ2v) is 8.15. The quantitative estimate of drug-likeness (QED) is 0.185. The van der Waals surface area contributed by atoms with Crippen molar-refractivity contribution in [2.75, 3.05) is 24.7 Å². The number of unbranched alkanes of at least 4 members (excludes halogenated alkanes) is 2. The van der Waals surface area contributed by atoms with Crippen molar-refractivity contribution in [2.24, 2.45) is 0 Å². The Morgan fingerprint density at radius 3 is 1.23 bits per heavy atom. The van der Waals surface area contributed by atoms with Crippen LogP contribution in [0.3, 0.4) is 0 Å². The van der Waals surface area contributed by atoms with Gasteiger partial charge in [-0.3, -0.25) is 0 Å². The summed E-state index contributed by atoms with van der Waals surface area (Å²) in [6.07, 6.45) is 1.43. The first kappa shape index (κ1) is 28.8. The van der Waals surface area contributed by atoms with Gasteiger partial charge in [-0.1, -0.05) is 0 Å². The average Bonchev–Trinajstić information content (AvgIpc) is 2.45. The molecule has 0 aromatic heterocycles. The van der Waals surface area contributed by atoms with Crippen LogP contribution in [0.25, 0.3) is 0 Å². The maximum absolute atomic E-state index is 10.4. The first-order chi connectivity index (χ1) is 11.2. The molecule has 0 aliphatic rings. The standard InChI is InChI=1S/C14H22O8S2.2Na/c15-23(16,17)11-3-1-9-21-13-5-7-14(8-6-13)22-10-2-4-12-24(18,19)20;;/h5-8H,1-4,9-12H2,(H,15,16,17)(H,18,19,20);;/q;2*+1/p-2. The predicted molar refractivity (Wildman–Crippen MR) is 85.0 cm³/mol. The van der Waals surface area contributed by atoms with E-state index < -0.39 is 31.7 Å². The largest absolute Gasteiger partial charge is 1.00 e. The van der Waals surface area contributed by atoms with Gasteiger partial charge >= 0.3 is 59.1 Å². The maximum Gasteiger partial charge on any atom is 1.00 e. The molecule has 0 radical (unpaired) electrons. The molecular weight excluding hydrogens is 406 g/mol. The summed E-state index contributed by atoms with van der Waals surface area (Å²) in [5.41, 5.74) is 0. The van der Waals surface area contributed by atoms with E-state index in [1.807, 2.05) is 0 Å². The van der Waals surface area contributed by atoms with Crippen molar-refractivity contribution in [2.45, 2.75) is 25.7 Å². The van der Waals surface area contributed by atoms with Crippen LogP contribution >= 0.6 is 0 Å². The van der Waals surface area contributed by atoms with Gasteiger partial charge in [-0.2, -0.15) is 0 Å². The van der Waals surface area contributed by atoms with Gasteiger partial charge in [0.1, 0.15) is 11.5 Å². The third-order valence-electron chi connectivity index (χ3n) is 2.94. The fourth-order valence-corrected chi connectivity index (χ4v) is 2.89. The fraction of sp³-hybridized carbons (Fsp3) is 0.571. The third-order valence-corrected chi connectivity index (χ3v) is 4.52. The van der Waals surface area contributed by atoms with Crippen molar-refractivity contribution in [3.05, 3.63) is 24.3 Å². The van der Waals surface area contributed by atoms with Crippen LogP contribution in [0.4, 0.5) is 0 Å². The van der Waals surface area contributed by atoms with Crippen molar-refractivity contribution in [1.82, 2.24) is 0 Å². The zero-order valence-electron chi connectivity index (χ0n) is 15.0. The summed E-state index contributed by atoms with van der Waals surface area (Å²) in [5.74, 6) is 0.391. The summed E-state index contributed by atoms with van der Waals surface area (Å²) in [4.78, 5) is 0. The van der Waals surface area contributed by atoms with Crippen molar-refractivity contribution in [1.29, 1.82) is 0 Å². The Morgan fingerprint density at radius 2 is 0.962 bits per heavy atom. The van der Waals surface area contributed by atoms with Crippen LogP contribution in [0, 0.1) is 0 Å². The smallest absolute Gasteiger partial charge is 0.748 e. The minimum atomic E-state index is -4.17. The van der Waals surface area contributed by atoms with Crippen LogP contribution in [0.15, 0.2) is 24.3 Å². The Bertz CT molecular complexity index is 629. The Balaban J connectivity index is 0. The van der Waals surface area contributed by atoms with E-state index in [4.69, 9.17) is 9.47 Å². The third kappa shape index (κ3) is 16.8. The fourth-order valence-electron chi connectivity index (χ4n) is 1.77. The van der Waals surface area contributed by atoms with Crippen molar-refractivity contribution < 1.29 is 94.5 Å². The van der Waals surface area contributed by atoms with Crippen LogP contribution in [-0.4, -0.2) is 50.7 Å². The van der Waals surface area contributed by atoms with Crippen LogP contribution in [0.1, 0.15) is 25.7 Å². The van der Waals surface area contributed by atoms with Crippen molar-refractivity contribution in [3.8, 4) is 11.5 Å². The monoisotopic (exact) mass is 426 g/mol. The van der Waals surface area contributed by atoms with Gasteiger partial charge in [0, 0.05) is 11.5 Å². The van der Waals surface area contributed by atoms with Gasteiger partial charge in [0.25, 0.3) is 0 Å². The molecule has 138 valence electrons. The Kier molecular flexibility index (Phi) is 16.2. The first-order valence-corrected chi connectivity index (χ1v) is 10.5. The van der Waals surface area contributed by atoms with E-state index in [2.05, 4.69) is 0 Å². The molecular formula is C14H20Na2O8S2. The van der Waals surface area contributed by atoms with Gasteiger partial charge in [-0.15, -0.1) is 0 Å². The second-order valence-electron chi connectivity index (χ2n) is 5.11. The Hall–Kier alpha value is 0.640. The molecule has 0 atom stereocenters. The summed E-state index contributed by atoms with van der Waals surface area (Å²) in [6, 6.07) is 6.73. The summed E-state index contributed by atoms with van der Waals surface area (Å²) >= 11 is 0. The van der Waals surface area contributed by atoms with E-state index in [9.17, 15) is 25.9 Å². The van der Waals surface area contributed by atoms with E-state index in [0.717, 1.165) is 0 Å². The molecule has 0 bridgehead atoms. The van der Waals surface area contributed by atoms with Gasteiger partial charge < -0.3 is 18.6 Å². The minimum absolute atomic E-state index is 0. The molecule has 1 aromatic rings. The molecule has 12 heteroatoms. The number of rotatable bonds is 12. The molecule has 0 unspecified atom stereocenters. The zero-order valence-corrected chi connectivity index (χ0v) is 20.7. The average molecular weight is 426 g/mol. The normalized spacial score (nSPS) is 11.2. The summed E-state index contributed by atoms with van der Waals surface area (Å²) < 4.78 is 73.3. The van der Waals surface area contributed by atoms with Crippen LogP contribution in [-0.2, 0) is 20.2 Å². The van der Waals surface area contributed by atoms with E-state index in [1.54, 1.807) is 24.3 Å². The number of benzene rings is 1. The van der Waals surface area contributed by atoms with Crippen LogP contribution in [0.2, 0.25) is 0 Å². The zero-order chi connectivity index (χ0) is 18.1. The number of hydrogen-bond donors (Lipinski definition) is 0. The molecule has 0 N–H and O–H groups in total. The van der Waals surface area contributed by atoms with E-state index in [1.165, 1.54) is 0 Å². The summed E-state index contributed by atoms with van der Waals surface area (Å²) in [7, 11) is -8.34. The van der Waals surface area contributed by atoms with Gasteiger partial charge in [0.15, 0.2) is 0 Å². The maximum atomic E-state index is 10.4. The SMILES string of the molecule is O=S(=O)([O-])CCCCOc1ccc(OCCCCS(=O)(=O)[O-])cc1.[Na+].[Na+]. The van der Waals surface area contributed by atoms with Crippen LogP contribution in [0.5, 0.6) is 11.5 Å². The number of hydrogen-bond acceptors (Lipinski definition) is 8. The molecule has 0 heterocycles. The Morgan fingerprint density at radius 1 is 0.654 bits per heavy atom. The summed E-state index contributed by atoms with van der Waals surface area (Å²) in [5, 5.41) is 0. The Labute approximate surface area is 199 Å². The van der Waals surface area contributed by atoms with E-state index in [0.29, 0.717) is 37.6 Å². The topological polar surface area (TPSA) is 133 Å². The van der Waals surface area contributed by atoms with Crippen molar-refractivity contribution in [3.63, 3.8) is 0 Å². The number of ether oxygens (including phenoxy) is 2. The van der Waals surface area contributed by atoms with Crippen molar-refractivity contribution >= 4 is 20.2 Å². The molecule has 8 nitrogen and oxygen atoms in total. The molecule has 1 aromatic carbocycles. The van der Waals surface area contributed by atoms with Gasteiger partial charge in [-0.05, 0) is 49.9 Å². The molecule has 0 saturated heterocycles. The molecule has 1 rings (SSSR count). The predicted octanol–water partition coefficient (Wildman–Crippen LogP) is -4.90. The molecule has 0 spiro atoms. The summed E-state index contributed by atoms with van der Waals surface area (Å²) in [6.45, 7) is 0.610. The molecule has 0 aliphatic heterocycles. The second kappa shape index (κ2) is 14.6. The van der Waals surface area contributed by atoms with Gasteiger partial charge in [-0.25, -0.2) is 16.8 Å². The van der Waals surface area contributed by atoms with Crippen LogP contribution < -0.4 is 68.6 Å². The first-order valence-electron chi connectivity index (χ1n) is 7.38.